The minimum Gasteiger partial charge on any atom is -0.258 e. The van der Waals surface area contributed by atoms with Crippen molar-refractivity contribution in [1.82, 2.24) is 9.97 Å². The van der Waals surface area contributed by atoms with Crippen LogP contribution in [0.4, 0.5) is 0 Å². The maximum atomic E-state index is 4.24. The molecule has 0 atom stereocenters. The average Bonchev–Trinajstić information content (AvgIpc) is 2.07. The van der Waals surface area contributed by atoms with Crippen molar-refractivity contribution in [3.63, 3.8) is 0 Å². The number of hydrogen-bond acceptors (Lipinski definition) is 2. The van der Waals surface area contributed by atoms with Crippen LogP contribution in [0.15, 0.2) is 12.4 Å². The highest BCUT2D eigenvalue weighted by Crippen LogP contribution is 1.98. The fraction of sp³-hybridized carbons (Fsp3) is 0.444. The van der Waals surface area contributed by atoms with Crippen LogP contribution in [-0.2, 0) is 12.8 Å². The van der Waals surface area contributed by atoms with Crippen LogP contribution >= 0.6 is 0 Å². The van der Waals surface area contributed by atoms with E-state index in [-0.39, 0.29) is 0 Å². The molecule has 0 saturated carbocycles. The molecule has 0 spiro atoms. The molecule has 1 heterocycles. The first kappa shape index (κ1) is 8.18. The van der Waals surface area contributed by atoms with Crippen LogP contribution < -0.4 is 0 Å². The highest BCUT2D eigenvalue weighted by molar-refractivity contribution is 5.02. The van der Waals surface area contributed by atoms with Gasteiger partial charge in [0.1, 0.15) is 0 Å². The van der Waals surface area contributed by atoms with Crippen LogP contribution in [0.1, 0.15) is 24.7 Å². The lowest BCUT2D eigenvalue weighted by atomic mass is 10.2. The summed E-state index contributed by atoms with van der Waals surface area (Å²) in [4.78, 5) is 8.43. The molecule has 2 nitrogen and oxygen atoms in total. The van der Waals surface area contributed by atoms with E-state index in [1.54, 1.807) is 6.20 Å². The number of rotatable bonds is 3. The summed E-state index contributed by atoms with van der Waals surface area (Å²) in [5, 5.41) is 0. The van der Waals surface area contributed by atoms with Gasteiger partial charge in [-0.15, -0.1) is 0 Å². The van der Waals surface area contributed by atoms with Crippen molar-refractivity contribution in [2.24, 2.45) is 0 Å². The predicted octanol–water partition coefficient (Wildman–Crippen LogP) is 1.81. The number of hydrogen-bond donors (Lipinski definition) is 0. The van der Waals surface area contributed by atoms with Gasteiger partial charge in [-0.25, -0.2) is 0 Å². The monoisotopic (exact) mass is 149 g/mol. The smallest absolute Gasteiger partial charge is 0.0586 e. The van der Waals surface area contributed by atoms with Crippen molar-refractivity contribution in [3.05, 3.63) is 30.7 Å². The zero-order chi connectivity index (χ0) is 8.10. The standard InChI is InChI=1S/C9H13N2/c1-3-5-9-7-10-8(4-2)6-11-9/h6-7H,2-5H2,1H3. The molecule has 0 unspecified atom stereocenters. The van der Waals surface area contributed by atoms with E-state index in [1.807, 2.05) is 6.20 Å². The zero-order valence-corrected chi connectivity index (χ0v) is 6.88. The van der Waals surface area contributed by atoms with E-state index in [2.05, 4.69) is 23.8 Å². The lowest BCUT2D eigenvalue weighted by molar-refractivity contribution is 0.860. The van der Waals surface area contributed by atoms with Crippen molar-refractivity contribution >= 4 is 0 Å². The van der Waals surface area contributed by atoms with E-state index in [0.717, 1.165) is 30.7 Å². The van der Waals surface area contributed by atoms with Crippen LogP contribution in [0.25, 0.3) is 0 Å². The Morgan fingerprint density at radius 1 is 1.27 bits per heavy atom. The molecule has 0 amide bonds. The van der Waals surface area contributed by atoms with E-state index in [9.17, 15) is 0 Å². The topological polar surface area (TPSA) is 25.8 Å². The van der Waals surface area contributed by atoms with Crippen LogP contribution in [0, 0.1) is 6.92 Å². The molecule has 1 aromatic heterocycles. The molecule has 0 N–H and O–H groups in total. The molecule has 1 rings (SSSR count). The summed E-state index contributed by atoms with van der Waals surface area (Å²) in [7, 11) is 0. The summed E-state index contributed by atoms with van der Waals surface area (Å²) in [5.74, 6) is 0. The van der Waals surface area contributed by atoms with Gasteiger partial charge >= 0.3 is 0 Å². The average molecular weight is 149 g/mol. The maximum absolute atomic E-state index is 4.24. The SMILES string of the molecule is [CH2]Cc1cnc(CCC)cn1. The molecule has 1 radical (unpaired) electrons. The zero-order valence-electron chi connectivity index (χ0n) is 6.88. The van der Waals surface area contributed by atoms with E-state index in [1.165, 1.54) is 0 Å². The van der Waals surface area contributed by atoms with Crippen LogP contribution in [0.5, 0.6) is 0 Å². The lowest BCUT2D eigenvalue weighted by Gasteiger charge is -1.97. The largest absolute Gasteiger partial charge is 0.258 e. The first-order valence-electron chi connectivity index (χ1n) is 3.96. The maximum Gasteiger partial charge on any atom is 0.0586 e. The van der Waals surface area contributed by atoms with Crippen molar-refractivity contribution in [2.75, 3.05) is 0 Å². The second-order valence-electron chi connectivity index (χ2n) is 2.50. The first-order chi connectivity index (χ1) is 5.36. The predicted molar refractivity (Wildman–Crippen MR) is 45.1 cm³/mol. The molecule has 2 heteroatoms. The van der Waals surface area contributed by atoms with Gasteiger partial charge in [-0.05, 0) is 19.8 Å². The summed E-state index contributed by atoms with van der Waals surface area (Å²) < 4.78 is 0. The molecule has 0 aliphatic carbocycles. The Kier molecular flexibility index (Phi) is 3.02. The highest BCUT2D eigenvalue weighted by Gasteiger charge is 1.93. The van der Waals surface area contributed by atoms with Gasteiger partial charge < -0.3 is 0 Å². The van der Waals surface area contributed by atoms with E-state index in [0.29, 0.717) is 0 Å². The van der Waals surface area contributed by atoms with Gasteiger partial charge in [0.2, 0.25) is 0 Å². The third-order valence-corrected chi connectivity index (χ3v) is 1.52. The van der Waals surface area contributed by atoms with Gasteiger partial charge in [0.25, 0.3) is 0 Å². The Bertz CT molecular complexity index is 203. The van der Waals surface area contributed by atoms with Gasteiger partial charge in [0.15, 0.2) is 0 Å². The van der Waals surface area contributed by atoms with Gasteiger partial charge in [0, 0.05) is 12.4 Å². The molecule has 0 saturated heterocycles. The Morgan fingerprint density at radius 2 is 1.91 bits per heavy atom. The fourth-order valence-corrected chi connectivity index (χ4v) is 0.896. The third kappa shape index (κ3) is 2.30. The Labute approximate surface area is 67.7 Å². The normalized spacial score (nSPS) is 10.0. The summed E-state index contributed by atoms with van der Waals surface area (Å²) in [6.07, 6.45) is 6.50. The lowest BCUT2D eigenvalue weighted by Crippen LogP contribution is -1.94. The minimum absolute atomic E-state index is 0.722. The summed E-state index contributed by atoms with van der Waals surface area (Å²) in [5.41, 5.74) is 2.04. The molecule has 1 aromatic rings. The second kappa shape index (κ2) is 4.06. The molecule has 11 heavy (non-hydrogen) atoms. The van der Waals surface area contributed by atoms with Crippen LogP contribution in [0.3, 0.4) is 0 Å². The van der Waals surface area contributed by atoms with Gasteiger partial charge in [-0.2, -0.15) is 0 Å². The molecular weight excluding hydrogens is 136 g/mol. The summed E-state index contributed by atoms with van der Waals surface area (Å²) >= 11 is 0. The molecule has 0 bridgehead atoms. The van der Waals surface area contributed by atoms with E-state index < -0.39 is 0 Å². The van der Waals surface area contributed by atoms with Crippen molar-refractivity contribution in [3.8, 4) is 0 Å². The first-order valence-corrected chi connectivity index (χ1v) is 3.96. The molecule has 0 aromatic carbocycles. The molecular formula is C9H13N2. The number of aromatic nitrogens is 2. The third-order valence-electron chi connectivity index (χ3n) is 1.52. The van der Waals surface area contributed by atoms with Gasteiger partial charge in [-0.3, -0.25) is 9.97 Å². The Morgan fingerprint density at radius 3 is 2.36 bits per heavy atom. The van der Waals surface area contributed by atoms with Crippen molar-refractivity contribution in [2.45, 2.75) is 26.2 Å². The van der Waals surface area contributed by atoms with Gasteiger partial charge in [-0.1, -0.05) is 13.3 Å². The Hall–Kier alpha value is -0.920. The molecule has 0 aliphatic heterocycles. The van der Waals surface area contributed by atoms with Crippen molar-refractivity contribution in [1.29, 1.82) is 0 Å². The number of aryl methyl sites for hydroxylation is 1. The van der Waals surface area contributed by atoms with Crippen molar-refractivity contribution < 1.29 is 0 Å². The summed E-state index contributed by atoms with van der Waals surface area (Å²) in [6, 6.07) is 0. The fourth-order valence-electron chi connectivity index (χ4n) is 0.896. The van der Waals surface area contributed by atoms with E-state index >= 15 is 0 Å². The van der Waals surface area contributed by atoms with Gasteiger partial charge in [0.05, 0.1) is 11.4 Å². The Balaban J connectivity index is 2.66. The minimum atomic E-state index is 0.722. The molecule has 0 aliphatic rings. The van der Waals surface area contributed by atoms with Crippen LogP contribution in [-0.4, -0.2) is 9.97 Å². The summed E-state index contributed by atoms with van der Waals surface area (Å²) in [6.45, 7) is 5.86. The highest BCUT2D eigenvalue weighted by atomic mass is 14.8. The molecule has 59 valence electrons. The van der Waals surface area contributed by atoms with Crippen LogP contribution in [0.2, 0.25) is 0 Å². The second-order valence-corrected chi connectivity index (χ2v) is 2.50. The quantitative estimate of drug-likeness (QED) is 0.655. The molecule has 0 fully saturated rings. The number of nitrogens with zero attached hydrogens (tertiary/aromatic N) is 2. The van der Waals surface area contributed by atoms with E-state index in [4.69, 9.17) is 0 Å².